The first kappa shape index (κ1) is 17.0. The van der Waals surface area contributed by atoms with Crippen LogP contribution in [-0.4, -0.2) is 37.9 Å². The second-order valence-corrected chi connectivity index (χ2v) is 6.13. The van der Waals surface area contributed by atoms with Gasteiger partial charge in [-0.1, -0.05) is 30.3 Å². The molecule has 0 bridgehead atoms. The maximum atomic E-state index is 12.2. The summed E-state index contributed by atoms with van der Waals surface area (Å²) >= 11 is 0. The number of hydrogen-bond donors (Lipinski definition) is 1. The number of benzene rings is 2. The summed E-state index contributed by atoms with van der Waals surface area (Å²) in [5, 5.41) is 3.03. The second-order valence-electron chi connectivity index (χ2n) is 6.13. The quantitative estimate of drug-likeness (QED) is 0.823. The average Bonchev–Trinajstić information content (AvgIpc) is 2.67. The van der Waals surface area contributed by atoms with Gasteiger partial charge in [-0.05, 0) is 37.1 Å². The fourth-order valence-corrected chi connectivity index (χ4v) is 3.09. The van der Waals surface area contributed by atoms with Crippen LogP contribution in [0.1, 0.15) is 23.2 Å². The van der Waals surface area contributed by atoms with Gasteiger partial charge in [0.15, 0.2) is 12.9 Å². The van der Waals surface area contributed by atoms with E-state index in [1.807, 2.05) is 18.2 Å². The number of nitrogens with zero attached hydrogens (tertiary/aromatic N) is 1. The van der Waals surface area contributed by atoms with Crippen LogP contribution in [0.3, 0.4) is 0 Å². The number of amides is 1. The highest BCUT2D eigenvalue weighted by Gasteiger charge is 2.21. The fourth-order valence-electron chi connectivity index (χ4n) is 3.09. The van der Waals surface area contributed by atoms with Gasteiger partial charge in [0.05, 0.1) is 5.56 Å². The molecule has 1 amide bonds. The highest BCUT2D eigenvalue weighted by atomic mass is 16.5. The molecule has 25 heavy (non-hydrogen) atoms. The van der Waals surface area contributed by atoms with Crippen molar-refractivity contribution in [2.75, 3.05) is 24.6 Å². The number of hydrogen-bond acceptors (Lipinski definition) is 4. The number of anilines is 1. The minimum absolute atomic E-state index is 0.0906. The Morgan fingerprint density at radius 2 is 1.92 bits per heavy atom. The Hall–Kier alpha value is -2.82. The van der Waals surface area contributed by atoms with Crippen LogP contribution in [0.4, 0.5) is 5.69 Å². The van der Waals surface area contributed by atoms with E-state index < -0.39 is 0 Å². The van der Waals surface area contributed by atoms with Crippen LogP contribution in [-0.2, 0) is 4.79 Å². The molecule has 0 radical (unpaired) electrons. The van der Waals surface area contributed by atoms with Gasteiger partial charge in [0.1, 0.15) is 5.75 Å². The summed E-state index contributed by atoms with van der Waals surface area (Å²) in [4.78, 5) is 25.4. The van der Waals surface area contributed by atoms with Gasteiger partial charge in [-0.15, -0.1) is 0 Å². The zero-order valence-electron chi connectivity index (χ0n) is 14.1. The van der Waals surface area contributed by atoms with Gasteiger partial charge < -0.3 is 15.0 Å². The van der Waals surface area contributed by atoms with Gasteiger partial charge in [-0.2, -0.15) is 0 Å². The number of aldehydes is 1. The molecule has 1 heterocycles. The summed E-state index contributed by atoms with van der Waals surface area (Å²) in [6, 6.07) is 17.2. The molecule has 0 spiro atoms. The number of para-hydroxylation sites is 2. The van der Waals surface area contributed by atoms with Crippen molar-refractivity contribution in [2.24, 2.45) is 0 Å². The first-order valence-corrected chi connectivity index (χ1v) is 8.52. The molecule has 5 nitrogen and oxygen atoms in total. The zero-order chi connectivity index (χ0) is 17.5. The first-order chi connectivity index (χ1) is 12.3. The first-order valence-electron chi connectivity index (χ1n) is 8.52. The Morgan fingerprint density at radius 3 is 2.72 bits per heavy atom. The Kier molecular flexibility index (Phi) is 5.67. The molecule has 0 aliphatic carbocycles. The molecule has 0 saturated carbocycles. The molecule has 5 heteroatoms. The maximum Gasteiger partial charge on any atom is 0.258 e. The summed E-state index contributed by atoms with van der Waals surface area (Å²) in [5.41, 5.74) is 1.63. The standard InChI is InChI=1S/C20H22N2O3/c23-14-16-7-4-5-11-19(16)25-15-20(24)21-17-8-6-12-22(13-17)18-9-2-1-3-10-18/h1-5,7,9-11,14,17H,6,8,12-13,15H2,(H,21,24). The lowest BCUT2D eigenvalue weighted by atomic mass is 10.0. The summed E-state index contributed by atoms with van der Waals surface area (Å²) in [5.74, 6) is 0.266. The fraction of sp³-hybridized carbons (Fsp3) is 0.300. The Bertz CT molecular complexity index is 718. The van der Waals surface area contributed by atoms with Crippen molar-refractivity contribution < 1.29 is 14.3 Å². The van der Waals surface area contributed by atoms with Crippen LogP contribution in [0, 0.1) is 0 Å². The van der Waals surface area contributed by atoms with E-state index in [0.717, 1.165) is 32.2 Å². The van der Waals surface area contributed by atoms with Crippen molar-refractivity contribution in [3.05, 3.63) is 60.2 Å². The molecule has 3 rings (SSSR count). The number of nitrogens with one attached hydrogen (secondary N) is 1. The third-order valence-electron chi connectivity index (χ3n) is 4.31. The third kappa shape index (κ3) is 4.59. The minimum atomic E-state index is -0.166. The summed E-state index contributed by atoms with van der Waals surface area (Å²) in [6.07, 6.45) is 2.72. The topological polar surface area (TPSA) is 58.6 Å². The minimum Gasteiger partial charge on any atom is -0.483 e. The van der Waals surface area contributed by atoms with Crippen LogP contribution < -0.4 is 15.0 Å². The van der Waals surface area contributed by atoms with Crippen molar-refractivity contribution in [2.45, 2.75) is 18.9 Å². The lowest BCUT2D eigenvalue weighted by Gasteiger charge is -2.34. The predicted molar refractivity (Wildman–Crippen MR) is 97.1 cm³/mol. The Morgan fingerprint density at radius 1 is 1.16 bits per heavy atom. The second kappa shape index (κ2) is 8.33. The van der Waals surface area contributed by atoms with Gasteiger partial charge in [-0.25, -0.2) is 0 Å². The van der Waals surface area contributed by atoms with Crippen molar-refractivity contribution >= 4 is 17.9 Å². The third-order valence-corrected chi connectivity index (χ3v) is 4.31. The van der Waals surface area contributed by atoms with Crippen LogP contribution in [0.25, 0.3) is 0 Å². The van der Waals surface area contributed by atoms with Crippen LogP contribution in [0.5, 0.6) is 5.75 Å². The van der Waals surface area contributed by atoms with Crippen molar-refractivity contribution in [1.82, 2.24) is 5.32 Å². The molecule has 2 aromatic rings. The average molecular weight is 338 g/mol. The van der Waals surface area contributed by atoms with Gasteiger partial charge in [0.2, 0.25) is 0 Å². The predicted octanol–water partition coefficient (Wildman–Crippen LogP) is 2.66. The van der Waals surface area contributed by atoms with Crippen molar-refractivity contribution in [3.8, 4) is 5.75 Å². The molecule has 1 aliphatic rings. The van der Waals surface area contributed by atoms with E-state index in [1.54, 1.807) is 24.3 Å². The Labute approximate surface area is 147 Å². The Balaban J connectivity index is 1.51. The lowest BCUT2D eigenvalue weighted by molar-refractivity contribution is -0.123. The molecule has 0 aromatic heterocycles. The molecule has 1 aliphatic heterocycles. The van der Waals surface area contributed by atoms with Crippen molar-refractivity contribution in [1.29, 1.82) is 0 Å². The van der Waals surface area contributed by atoms with Gasteiger partial charge in [0, 0.05) is 24.8 Å². The summed E-state index contributed by atoms with van der Waals surface area (Å²) in [6.45, 7) is 1.70. The number of piperidine rings is 1. The van der Waals surface area contributed by atoms with Gasteiger partial charge >= 0.3 is 0 Å². The van der Waals surface area contributed by atoms with Gasteiger partial charge in [0.25, 0.3) is 5.91 Å². The number of rotatable bonds is 6. The van der Waals surface area contributed by atoms with Crippen LogP contribution >= 0.6 is 0 Å². The molecule has 1 atom stereocenters. The van der Waals surface area contributed by atoms with E-state index in [-0.39, 0.29) is 18.6 Å². The molecule has 1 saturated heterocycles. The zero-order valence-corrected chi connectivity index (χ0v) is 14.1. The maximum absolute atomic E-state index is 12.2. The van der Waals surface area contributed by atoms with Crippen LogP contribution in [0.2, 0.25) is 0 Å². The molecular weight excluding hydrogens is 316 g/mol. The lowest BCUT2D eigenvalue weighted by Crippen LogP contribution is -2.48. The molecular formula is C20H22N2O3. The van der Waals surface area contributed by atoms with E-state index >= 15 is 0 Å². The van der Waals surface area contributed by atoms with E-state index in [9.17, 15) is 9.59 Å². The summed E-state index contributed by atoms with van der Waals surface area (Å²) < 4.78 is 5.49. The monoisotopic (exact) mass is 338 g/mol. The van der Waals surface area contributed by atoms with Gasteiger partial charge in [-0.3, -0.25) is 9.59 Å². The molecule has 1 N–H and O–H groups in total. The highest BCUT2D eigenvalue weighted by Crippen LogP contribution is 2.19. The molecule has 2 aromatic carbocycles. The number of carbonyl (C=O) groups excluding carboxylic acids is 2. The molecule has 130 valence electrons. The molecule has 1 fully saturated rings. The largest absolute Gasteiger partial charge is 0.483 e. The van der Waals surface area contributed by atoms with E-state index in [4.69, 9.17) is 4.74 Å². The highest BCUT2D eigenvalue weighted by molar-refractivity contribution is 5.81. The SMILES string of the molecule is O=Cc1ccccc1OCC(=O)NC1CCCN(c2ccccc2)C1. The number of carbonyl (C=O) groups is 2. The summed E-state index contributed by atoms with van der Waals surface area (Å²) in [7, 11) is 0. The van der Waals surface area contributed by atoms with Crippen molar-refractivity contribution in [3.63, 3.8) is 0 Å². The normalized spacial score (nSPS) is 17.0. The van der Waals surface area contributed by atoms with Crippen LogP contribution in [0.15, 0.2) is 54.6 Å². The van der Waals surface area contributed by atoms with E-state index in [2.05, 4.69) is 22.3 Å². The van der Waals surface area contributed by atoms with E-state index in [1.165, 1.54) is 5.69 Å². The number of ether oxygens (including phenoxy) is 1. The van der Waals surface area contributed by atoms with E-state index in [0.29, 0.717) is 11.3 Å². The molecule has 1 unspecified atom stereocenters. The smallest absolute Gasteiger partial charge is 0.258 e.